The molecule has 6 nitrogen and oxygen atoms in total. The molecule has 2 N–H and O–H groups in total. The topological polar surface area (TPSA) is 88.0 Å². The fourth-order valence-electron chi connectivity index (χ4n) is 3.37. The van der Waals surface area contributed by atoms with E-state index >= 15 is 0 Å². The van der Waals surface area contributed by atoms with E-state index in [1.165, 1.54) is 11.8 Å². The molecule has 0 bridgehead atoms. The van der Waals surface area contributed by atoms with Gasteiger partial charge >= 0.3 is 5.97 Å². The Balaban J connectivity index is 1.44. The van der Waals surface area contributed by atoms with Gasteiger partial charge in [0.25, 0.3) is 5.91 Å². The quantitative estimate of drug-likeness (QED) is 0.292. The second-order valence-electron chi connectivity index (χ2n) is 7.86. The predicted octanol–water partition coefficient (Wildman–Crippen LogP) is 7.00. The highest BCUT2D eigenvalue weighted by molar-refractivity contribution is 9.10. The molecule has 0 unspecified atom stereocenters. The van der Waals surface area contributed by atoms with Crippen LogP contribution in [0.5, 0.6) is 5.75 Å². The maximum Gasteiger partial charge on any atom is 0.335 e. The van der Waals surface area contributed by atoms with E-state index in [2.05, 4.69) is 42.2 Å². The first kappa shape index (κ1) is 25.2. The van der Waals surface area contributed by atoms with Gasteiger partial charge in [-0.25, -0.2) is 9.79 Å². The van der Waals surface area contributed by atoms with Crippen LogP contribution >= 0.6 is 43.6 Å². The van der Waals surface area contributed by atoms with Crippen molar-refractivity contribution in [1.82, 2.24) is 5.32 Å². The number of benzene rings is 3. The minimum absolute atomic E-state index is 0.194. The van der Waals surface area contributed by atoms with Crippen molar-refractivity contribution in [3.8, 4) is 5.75 Å². The molecular formula is C26H20Br2N2O4S. The molecule has 1 heterocycles. The molecule has 0 radical (unpaired) electrons. The zero-order valence-corrected chi connectivity index (χ0v) is 22.8. The number of rotatable bonds is 6. The SMILES string of the molecule is Cc1cc(N=C2NC(=O)/C(=C/c3ccc(OCc4ccc(C(=O)O)cc4)c(Br)c3)S2)cc(C)c1Br. The van der Waals surface area contributed by atoms with Gasteiger partial charge in [0.1, 0.15) is 12.4 Å². The van der Waals surface area contributed by atoms with E-state index in [9.17, 15) is 9.59 Å². The van der Waals surface area contributed by atoms with Gasteiger partial charge in [-0.3, -0.25) is 4.79 Å². The number of carbonyl (C=O) groups is 2. The first-order valence-electron chi connectivity index (χ1n) is 10.5. The highest BCUT2D eigenvalue weighted by Gasteiger charge is 2.24. The molecule has 0 aromatic heterocycles. The number of carbonyl (C=O) groups excluding carboxylic acids is 1. The highest BCUT2D eigenvalue weighted by atomic mass is 79.9. The number of aryl methyl sites for hydroxylation is 2. The first-order chi connectivity index (χ1) is 16.7. The number of nitrogens with zero attached hydrogens (tertiary/aromatic N) is 1. The van der Waals surface area contributed by atoms with Crippen molar-refractivity contribution in [3.05, 3.63) is 96.3 Å². The Morgan fingerprint density at radius 3 is 2.40 bits per heavy atom. The zero-order chi connectivity index (χ0) is 25.1. The molecule has 1 fully saturated rings. The molecule has 178 valence electrons. The summed E-state index contributed by atoms with van der Waals surface area (Å²) in [5, 5.41) is 12.4. The van der Waals surface area contributed by atoms with Crippen LogP contribution in [0, 0.1) is 13.8 Å². The molecule has 3 aromatic carbocycles. The lowest BCUT2D eigenvalue weighted by Crippen LogP contribution is -2.19. The van der Waals surface area contributed by atoms with E-state index in [1.54, 1.807) is 30.3 Å². The van der Waals surface area contributed by atoms with Gasteiger partial charge in [-0.1, -0.05) is 34.1 Å². The number of carboxylic acid groups (broad SMARTS) is 1. The number of aromatic carboxylic acids is 1. The molecule has 35 heavy (non-hydrogen) atoms. The van der Waals surface area contributed by atoms with E-state index in [-0.39, 0.29) is 11.5 Å². The van der Waals surface area contributed by atoms with E-state index in [1.807, 2.05) is 44.2 Å². The van der Waals surface area contributed by atoms with Gasteiger partial charge in [0, 0.05) is 4.47 Å². The fourth-order valence-corrected chi connectivity index (χ4v) is 4.95. The van der Waals surface area contributed by atoms with Crippen molar-refractivity contribution in [3.63, 3.8) is 0 Å². The van der Waals surface area contributed by atoms with Gasteiger partial charge in [-0.05, 0) is 106 Å². The van der Waals surface area contributed by atoms with Gasteiger partial charge in [-0.2, -0.15) is 0 Å². The molecule has 4 rings (SSSR count). The number of thioether (sulfide) groups is 1. The van der Waals surface area contributed by atoms with Crippen LogP contribution in [0.1, 0.15) is 32.6 Å². The maximum atomic E-state index is 12.5. The number of amides is 1. The normalized spacial score (nSPS) is 15.5. The van der Waals surface area contributed by atoms with Crippen molar-refractivity contribution < 1.29 is 19.4 Å². The molecule has 3 aromatic rings. The van der Waals surface area contributed by atoms with Crippen LogP contribution in [-0.2, 0) is 11.4 Å². The Bertz CT molecular complexity index is 1360. The summed E-state index contributed by atoms with van der Waals surface area (Å²) in [6, 6.07) is 16.0. The van der Waals surface area contributed by atoms with Crippen molar-refractivity contribution in [2.75, 3.05) is 0 Å². The summed E-state index contributed by atoms with van der Waals surface area (Å²) in [7, 11) is 0. The molecule has 1 amide bonds. The number of nitrogens with one attached hydrogen (secondary N) is 1. The van der Waals surface area contributed by atoms with Crippen LogP contribution in [0.2, 0.25) is 0 Å². The predicted molar refractivity (Wildman–Crippen MR) is 146 cm³/mol. The third kappa shape index (κ3) is 6.22. The first-order valence-corrected chi connectivity index (χ1v) is 12.9. The summed E-state index contributed by atoms with van der Waals surface area (Å²) < 4.78 is 7.66. The number of ether oxygens (including phenoxy) is 1. The molecule has 9 heteroatoms. The lowest BCUT2D eigenvalue weighted by atomic mass is 10.1. The number of hydrogen-bond acceptors (Lipinski definition) is 5. The zero-order valence-electron chi connectivity index (χ0n) is 18.8. The van der Waals surface area contributed by atoms with Gasteiger partial charge in [0.15, 0.2) is 5.17 Å². The molecule has 1 saturated heterocycles. The molecule has 0 aliphatic carbocycles. The Kier molecular flexibility index (Phi) is 7.78. The van der Waals surface area contributed by atoms with E-state index in [4.69, 9.17) is 9.84 Å². The van der Waals surface area contributed by atoms with Crippen molar-refractivity contribution in [2.45, 2.75) is 20.5 Å². The summed E-state index contributed by atoms with van der Waals surface area (Å²) >= 11 is 8.38. The number of hydrogen-bond donors (Lipinski definition) is 2. The Morgan fingerprint density at radius 1 is 1.09 bits per heavy atom. The third-order valence-electron chi connectivity index (χ3n) is 5.15. The van der Waals surface area contributed by atoms with Gasteiger partial charge in [0.05, 0.1) is 20.6 Å². The standard InChI is InChI=1S/C26H20Br2N2O4S/c1-14-9-19(10-15(2)23(14)28)29-26-30-24(31)22(35-26)12-17-5-8-21(20(27)11-17)34-13-16-3-6-18(7-4-16)25(32)33/h3-12H,13H2,1-2H3,(H,32,33)(H,29,30,31)/b22-12-. The second-order valence-corrected chi connectivity index (χ2v) is 10.5. The summed E-state index contributed by atoms with van der Waals surface area (Å²) in [5.74, 6) is -0.516. The fraction of sp³-hybridized carbons (Fsp3) is 0.115. The van der Waals surface area contributed by atoms with Gasteiger partial charge < -0.3 is 15.2 Å². The molecule has 0 saturated carbocycles. The minimum atomic E-state index is -0.962. The molecule has 1 aliphatic heterocycles. The van der Waals surface area contributed by atoms with Gasteiger partial charge in [-0.15, -0.1) is 0 Å². The smallest absolute Gasteiger partial charge is 0.335 e. The largest absolute Gasteiger partial charge is 0.488 e. The number of halogens is 2. The maximum absolute atomic E-state index is 12.5. The lowest BCUT2D eigenvalue weighted by molar-refractivity contribution is -0.115. The number of aliphatic imine (C=N–C) groups is 1. The van der Waals surface area contributed by atoms with Crippen LogP contribution in [0.15, 0.2) is 73.4 Å². The Morgan fingerprint density at radius 2 is 1.77 bits per heavy atom. The number of carboxylic acids is 1. The Labute approximate surface area is 223 Å². The van der Waals surface area contributed by atoms with Crippen molar-refractivity contribution in [1.29, 1.82) is 0 Å². The number of amidine groups is 1. The average Bonchev–Trinajstić information content (AvgIpc) is 3.15. The summed E-state index contributed by atoms with van der Waals surface area (Å²) in [6.07, 6.45) is 1.81. The molecule has 0 atom stereocenters. The summed E-state index contributed by atoms with van der Waals surface area (Å²) in [4.78, 5) is 28.6. The third-order valence-corrected chi connectivity index (χ3v) is 7.93. The highest BCUT2D eigenvalue weighted by Crippen LogP contribution is 2.33. The monoisotopic (exact) mass is 614 g/mol. The summed E-state index contributed by atoms with van der Waals surface area (Å²) in [5.41, 5.74) is 4.88. The minimum Gasteiger partial charge on any atom is -0.488 e. The average molecular weight is 616 g/mol. The van der Waals surface area contributed by atoms with Crippen molar-refractivity contribution in [2.24, 2.45) is 4.99 Å². The molecule has 0 spiro atoms. The molecule has 1 aliphatic rings. The second kappa shape index (κ2) is 10.8. The van der Waals surface area contributed by atoms with Crippen LogP contribution in [0.4, 0.5) is 5.69 Å². The van der Waals surface area contributed by atoms with E-state index < -0.39 is 5.97 Å². The van der Waals surface area contributed by atoms with Crippen LogP contribution in [-0.4, -0.2) is 22.2 Å². The van der Waals surface area contributed by atoms with Crippen LogP contribution < -0.4 is 10.1 Å². The van der Waals surface area contributed by atoms with Gasteiger partial charge in [0.2, 0.25) is 0 Å². The van der Waals surface area contributed by atoms with Crippen LogP contribution in [0.25, 0.3) is 6.08 Å². The van der Waals surface area contributed by atoms with Crippen LogP contribution in [0.3, 0.4) is 0 Å². The Hall–Kier alpha value is -2.88. The van der Waals surface area contributed by atoms with E-state index in [0.717, 1.165) is 36.9 Å². The lowest BCUT2D eigenvalue weighted by Gasteiger charge is -2.09. The summed E-state index contributed by atoms with van der Waals surface area (Å²) in [6.45, 7) is 4.31. The van der Waals surface area contributed by atoms with E-state index in [0.29, 0.717) is 22.4 Å². The molecular weight excluding hydrogens is 596 g/mol. The van der Waals surface area contributed by atoms with Crippen molar-refractivity contribution >= 4 is 72.4 Å².